The van der Waals surface area contributed by atoms with Gasteiger partial charge in [0, 0.05) is 12.3 Å². The number of benzene rings is 1. The molecule has 5 heteroatoms. The number of aromatic nitrogens is 1. The molecule has 0 aliphatic heterocycles. The summed E-state index contributed by atoms with van der Waals surface area (Å²) in [5.74, 6) is 1.58. The summed E-state index contributed by atoms with van der Waals surface area (Å²) < 4.78 is 10.4. The molecule has 0 radical (unpaired) electrons. The minimum Gasteiger partial charge on any atom is -0.493 e. The molecule has 0 atom stereocenters. The van der Waals surface area contributed by atoms with Crippen LogP contribution in [0.3, 0.4) is 0 Å². The lowest BCUT2D eigenvalue weighted by Crippen LogP contribution is -2.10. The fraction of sp³-hybridized carbons (Fsp3) is 0.176. The topological polar surface area (TPSA) is 60.5 Å². The zero-order valence-corrected chi connectivity index (χ0v) is 12.8. The van der Waals surface area contributed by atoms with E-state index in [-0.39, 0.29) is 5.91 Å². The van der Waals surface area contributed by atoms with Crippen LogP contribution in [0.2, 0.25) is 0 Å². The van der Waals surface area contributed by atoms with E-state index in [4.69, 9.17) is 9.47 Å². The van der Waals surface area contributed by atoms with Gasteiger partial charge in [0.15, 0.2) is 11.5 Å². The van der Waals surface area contributed by atoms with Crippen molar-refractivity contribution in [2.24, 2.45) is 0 Å². The molecular formula is C17H18N2O3. The molecule has 2 aromatic rings. The van der Waals surface area contributed by atoms with Crippen LogP contribution in [-0.2, 0) is 4.79 Å². The van der Waals surface area contributed by atoms with Crippen LogP contribution in [0.15, 0.2) is 42.6 Å². The minimum atomic E-state index is -0.239. The van der Waals surface area contributed by atoms with Crippen LogP contribution < -0.4 is 14.8 Å². The Morgan fingerprint density at radius 2 is 1.95 bits per heavy atom. The molecular weight excluding hydrogens is 280 g/mol. The van der Waals surface area contributed by atoms with Crippen molar-refractivity contribution in [1.29, 1.82) is 0 Å². The van der Waals surface area contributed by atoms with Gasteiger partial charge in [-0.15, -0.1) is 0 Å². The van der Waals surface area contributed by atoms with Crippen LogP contribution in [0.25, 0.3) is 6.08 Å². The summed E-state index contributed by atoms with van der Waals surface area (Å²) in [6.07, 6.45) is 4.80. The van der Waals surface area contributed by atoms with Gasteiger partial charge in [-0.1, -0.05) is 12.1 Å². The Labute approximate surface area is 129 Å². The van der Waals surface area contributed by atoms with E-state index in [2.05, 4.69) is 10.3 Å². The van der Waals surface area contributed by atoms with E-state index >= 15 is 0 Å². The summed E-state index contributed by atoms with van der Waals surface area (Å²) in [5, 5.41) is 2.74. The van der Waals surface area contributed by atoms with E-state index in [9.17, 15) is 4.79 Å². The largest absolute Gasteiger partial charge is 0.493 e. The highest BCUT2D eigenvalue weighted by Gasteiger charge is 2.04. The molecule has 0 aliphatic carbocycles. The number of pyridine rings is 1. The maximum Gasteiger partial charge on any atom is 0.249 e. The Bertz CT molecular complexity index is 696. The monoisotopic (exact) mass is 298 g/mol. The first-order valence-corrected chi connectivity index (χ1v) is 6.76. The number of nitrogens with one attached hydrogen (secondary N) is 1. The molecule has 0 saturated heterocycles. The number of rotatable bonds is 5. The quantitative estimate of drug-likeness (QED) is 0.862. The van der Waals surface area contributed by atoms with E-state index in [0.717, 1.165) is 11.1 Å². The normalized spacial score (nSPS) is 10.5. The maximum atomic E-state index is 11.9. The first kappa shape index (κ1) is 15.6. The average Bonchev–Trinajstić information content (AvgIpc) is 2.54. The molecule has 0 unspecified atom stereocenters. The summed E-state index contributed by atoms with van der Waals surface area (Å²) in [6, 6.07) is 9.15. The maximum absolute atomic E-state index is 11.9. The second-order valence-electron chi connectivity index (χ2n) is 4.61. The Kier molecular flexibility index (Phi) is 5.14. The van der Waals surface area contributed by atoms with E-state index in [1.54, 1.807) is 38.6 Å². The molecule has 0 aliphatic rings. The van der Waals surface area contributed by atoms with E-state index in [1.807, 2.05) is 25.1 Å². The van der Waals surface area contributed by atoms with Gasteiger partial charge in [-0.2, -0.15) is 0 Å². The Morgan fingerprint density at radius 3 is 2.64 bits per heavy atom. The van der Waals surface area contributed by atoms with Crippen LogP contribution in [-0.4, -0.2) is 25.1 Å². The van der Waals surface area contributed by atoms with Crippen LogP contribution in [0, 0.1) is 6.92 Å². The lowest BCUT2D eigenvalue weighted by molar-refractivity contribution is -0.111. The lowest BCUT2D eigenvalue weighted by atomic mass is 10.2. The van der Waals surface area contributed by atoms with Crippen LogP contribution in [0.1, 0.15) is 11.1 Å². The predicted octanol–water partition coefficient (Wildman–Crippen LogP) is 3.06. The van der Waals surface area contributed by atoms with Crippen LogP contribution >= 0.6 is 0 Å². The lowest BCUT2D eigenvalue weighted by Gasteiger charge is -2.07. The number of aryl methyl sites for hydroxylation is 1. The van der Waals surface area contributed by atoms with Gasteiger partial charge in [-0.3, -0.25) is 4.79 Å². The van der Waals surface area contributed by atoms with Crippen LogP contribution in [0.5, 0.6) is 11.5 Å². The number of hydrogen-bond acceptors (Lipinski definition) is 4. The molecule has 114 valence electrons. The fourth-order valence-electron chi connectivity index (χ4n) is 1.90. The molecule has 1 amide bonds. The van der Waals surface area contributed by atoms with Crippen molar-refractivity contribution >= 4 is 17.8 Å². The number of hydrogen-bond donors (Lipinski definition) is 1. The van der Waals surface area contributed by atoms with E-state index in [1.165, 1.54) is 6.08 Å². The summed E-state index contributed by atoms with van der Waals surface area (Å²) >= 11 is 0. The number of ether oxygens (including phenoxy) is 2. The molecule has 0 saturated carbocycles. The smallest absolute Gasteiger partial charge is 0.249 e. The number of methoxy groups -OCH3 is 2. The molecule has 1 heterocycles. The second-order valence-corrected chi connectivity index (χ2v) is 4.61. The second kappa shape index (κ2) is 7.26. The van der Waals surface area contributed by atoms with Crippen molar-refractivity contribution in [3.63, 3.8) is 0 Å². The first-order valence-electron chi connectivity index (χ1n) is 6.76. The molecule has 2 rings (SSSR count). The third-order valence-corrected chi connectivity index (χ3v) is 3.09. The van der Waals surface area contributed by atoms with Crippen molar-refractivity contribution < 1.29 is 14.3 Å². The fourth-order valence-corrected chi connectivity index (χ4v) is 1.90. The summed E-state index contributed by atoms with van der Waals surface area (Å²) in [7, 11) is 3.15. The number of carbonyl (C=O) groups excluding carboxylic acids is 1. The highest BCUT2D eigenvalue weighted by Crippen LogP contribution is 2.27. The van der Waals surface area contributed by atoms with Crippen molar-refractivity contribution in [3.8, 4) is 11.5 Å². The molecule has 0 fully saturated rings. The van der Waals surface area contributed by atoms with Gasteiger partial charge in [0.1, 0.15) is 5.82 Å². The first-order chi connectivity index (χ1) is 10.6. The van der Waals surface area contributed by atoms with Crippen LogP contribution in [0.4, 0.5) is 5.82 Å². The Hall–Kier alpha value is -2.82. The molecule has 1 N–H and O–H groups in total. The summed E-state index contributed by atoms with van der Waals surface area (Å²) in [5.41, 5.74) is 1.75. The SMILES string of the molecule is COc1ccc(/C=C/C(=O)Nc2ncccc2C)cc1OC. The zero-order chi connectivity index (χ0) is 15.9. The average molecular weight is 298 g/mol. The van der Waals surface area contributed by atoms with Gasteiger partial charge in [-0.25, -0.2) is 4.98 Å². The van der Waals surface area contributed by atoms with Gasteiger partial charge >= 0.3 is 0 Å². The van der Waals surface area contributed by atoms with E-state index < -0.39 is 0 Å². The molecule has 5 nitrogen and oxygen atoms in total. The van der Waals surface area contributed by atoms with Gasteiger partial charge in [0.2, 0.25) is 5.91 Å². The Balaban J connectivity index is 2.08. The summed E-state index contributed by atoms with van der Waals surface area (Å²) in [6.45, 7) is 1.89. The highest BCUT2D eigenvalue weighted by atomic mass is 16.5. The number of anilines is 1. The number of amides is 1. The molecule has 1 aromatic heterocycles. The number of carbonyl (C=O) groups is 1. The highest BCUT2D eigenvalue weighted by molar-refractivity contribution is 6.01. The third kappa shape index (κ3) is 3.85. The van der Waals surface area contributed by atoms with Crippen molar-refractivity contribution in [2.75, 3.05) is 19.5 Å². The van der Waals surface area contributed by atoms with Crippen molar-refractivity contribution in [1.82, 2.24) is 4.98 Å². The standard InChI is InChI=1S/C17H18N2O3/c1-12-5-4-10-18-17(12)19-16(20)9-7-13-6-8-14(21-2)15(11-13)22-3/h4-11H,1-3H3,(H,18,19,20)/b9-7+. The molecule has 0 bridgehead atoms. The molecule has 0 spiro atoms. The van der Waals surface area contributed by atoms with Crippen molar-refractivity contribution in [2.45, 2.75) is 6.92 Å². The minimum absolute atomic E-state index is 0.239. The van der Waals surface area contributed by atoms with E-state index in [0.29, 0.717) is 17.3 Å². The molecule has 22 heavy (non-hydrogen) atoms. The zero-order valence-electron chi connectivity index (χ0n) is 12.8. The molecule has 1 aromatic carbocycles. The Morgan fingerprint density at radius 1 is 1.18 bits per heavy atom. The number of nitrogens with zero attached hydrogens (tertiary/aromatic N) is 1. The summed E-state index contributed by atoms with van der Waals surface area (Å²) in [4.78, 5) is 16.0. The van der Waals surface area contributed by atoms with Gasteiger partial charge in [-0.05, 0) is 42.3 Å². The van der Waals surface area contributed by atoms with Gasteiger partial charge in [0.05, 0.1) is 14.2 Å². The predicted molar refractivity (Wildman–Crippen MR) is 86.2 cm³/mol. The van der Waals surface area contributed by atoms with Gasteiger partial charge < -0.3 is 14.8 Å². The third-order valence-electron chi connectivity index (χ3n) is 3.09. The van der Waals surface area contributed by atoms with Gasteiger partial charge in [0.25, 0.3) is 0 Å². The van der Waals surface area contributed by atoms with Crippen molar-refractivity contribution in [3.05, 3.63) is 53.7 Å².